The lowest BCUT2D eigenvalue weighted by molar-refractivity contribution is -0.137. The summed E-state index contributed by atoms with van der Waals surface area (Å²) in [6.07, 6.45) is -5.23. The Hall–Kier alpha value is -2.10. The number of alkyl halides is 3. The van der Waals surface area contributed by atoms with Gasteiger partial charge in [-0.3, -0.25) is 9.69 Å². The molecular weight excluding hydrogens is 381 g/mol. The molecule has 2 aromatic rings. The Morgan fingerprint density at radius 2 is 1.85 bits per heavy atom. The van der Waals surface area contributed by atoms with Crippen molar-refractivity contribution >= 4 is 22.2 Å². The van der Waals surface area contributed by atoms with Crippen molar-refractivity contribution in [2.24, 2.45) is 0 Å². The van der Waals surface area contributed by atoms with Gasteiger partial charge in [-0.2, -0.15) is 13.2 Å². The van der Waals surface area contributed by atoms with Crippen molar-refractivity contribution in [3.8, 4) is 10.4 Å². The molecular formula is C18H19F3N2O3S. The van der Waals surface area contributed by atoms with Crippen molar-refractivity contribution in [3.05, 3.63) is 41.0 Å². The van der Waals surface area contributed by atoms with Crippen LogP contribution in [0.3, 0.4) is 0 Å². The van der Waals surface area contributed by atoms with Gasteiger partial charge in [0.15, 0.2) is 0 Å². The van der Waals surface area contributed by atoms with Crippen LogP contribution in [0.15, 0.2) is 24.3 Å². The Labute approximate surface area is 158 Å². The zero-order chi connectivity index (χ0) is 19.9. The van der Waals surface area contributed by atoms with Gasteiger partial charge in [0.2, 0.25) is 6.35 Å². The van der Waals surface area contributed by atoms with Gasteiger partial charge in [0, 0.05) is 25.1 Å². The lowest BCUT2D eigenvalue weighted by Gasteiger charge is -2.39. The number of fused-ring (bicyclic) bond motifs is 1. The first-order valence-corrected chi connectivity index (χ1v) is 9.12. The molecule has 0 spiro atoms. The number of aliphatic hydroxyl groups excluding tert-OH is 2. The van der Waals surface area contributed by atoms with Gasteiger partial charge in [-0.1, -0.05) is 12.1 Å². The first-order chi connectivity index (χ1) is 12.7. The van der Waals surface area contributed by atoms with Crippen LogP contribution >= 0.6 is 11.3 Å². The molecule has 1 aliphatic heterocycles. The van der Waals surface area contributed by atoms with E-state index in [9.17, 15) is 23.1 Å². The lowest BCUT2D eigenvalue weighted by atomic mass is 10.0. The number of amides is 1. The molecule has 1 aromatic carbocycles. The number of aliphatic hydroxyl groups is 2. The van der Waals surface area contributed by atoms with E-state index in [0.717, 1.165) is 12.1 Å². The smallest absolute Gasteiger partial charge is 0.396 e. The van der Waals surface area contributed by atoms with E-state index in [1.54, 1.807) is 18.9 Å². The highest BCUT2D eigenvalue weighted by atomic mass is 32.1. The summed E-state index contributed by atoms with van der Waals surface area (Å²) in [5.74, 6) is -0.351. The topological polar surface area (TPSA) is 64.0 Å². The molecule has 0 fully saturated rings. The summed E-state index contributed by atoms with van der Waals surface area (Å²) in [6, 6.07) is 4.80. The molecule has 27 heavy (non-hydrogen) atoms. The molecule has 0 bridgehead atoms. The van der Waals surface area contributed by atoms with Gasteiger partial charge < -0.3 is 15.1 Å². The Bertz CT molecular complexity index is 849. The molecule has 3 rings (SSSR count). The van der Waals surface area contributed by atoms with E-state index in [2.05, 4.69) is 0 Å². The fourth-order valence-corrected chi connectivity index (χ4v) is 4.39. The van der Waals surface area contributed by atoms with Gasteiger partial charge in [0.05, 0.1) is 11.1 Å². The van der Waals surface area contributed by atoms with Gasteiger partial charge >= 0.3 is 6.18 Å². The largest absolute Gasteiger partial charge is 0.416 e. The number of carbonyl (C=O) groups is 1. The third-order valence-corrected chi connectivity index (χ3v) is 6.01. The number of nitrogens with zero attached hydrogens (tertiary/aromatic N) is 2. The minimum Gasteiger partial charge on any atom is -0.396 e. The third-order valence-electron chi connectivity index (χ3n) is 4.58. The van der Waals surface area contributed by atoms with Crippen molar-refractivity contribution in [1.82, 2.24) is 4.90 Å². The third kappa shape index (κ3) is 3.42. The molecule has 1 unspecified atom stereocenters. The minimum atomic E-state index is -4.41. The Morgan fingerprint density at radius 1 is 1.22 bits per heavy atom. The normalized spacial score (nSPS) is 17.4. The van der Waals surface area contributed by atoms with Crippen LogP contribution in [-0.4, -0.2) is 47.6 Å². The molecule has 1 amide bonds. The highest BCUT2D eigenvalue weighted by molar-refractivity contribution is 7.20. The van der Waals surface area contributed by atoms with Gasteiger partial charge in [-0.05, 0) is 36.6 Å². The maximum absolute atomic E-state index is 12.8. The van der Waals surface area contributed by atoms with Gasteiger partial charge in [-0.25, -0.2) is 0 Å². The van der Waals surface area contributed by atoms with E-state index in [1.807, 2.05) is 0 Å². The highest BCUT2D eigenvalue weighted by Crippen LogP contribution is 2.45. The van der Waals surface area contributed by atoms with Crippen LogP contribution in [0.1, 0.15) is 27.9 Å². The quantitative estimate of drug-likeness (QED) is 0.827. The molecule has 0 saturated carbocycles. The molecule has 0 radical (unpaired) electrons. The predicted molar refractivity (Wildman–Crippen MR) is 96.6 cm³/mol. The first-order valence-electron chi connectivity index (χ1n) is 8.30. The van der Waals surface area contributed by atoms with Crippen LogP contribution in [0, 0.1) is 6.92 Å². The van der Waals surface area contributed by atoms with Crippen LogP contribution in [0.5, 0.6) is 0 Å². The summed E-state index contributed by atoms with van der Waals surface area (Å²) in [5, 5.41) is 20.0. The lowest BCUT2D eigenvalue weighted by Crippen LogP contribution is -2.53. The van der Waals surface area contributed by atoms with Gasteiger partial charge in [0.1, 0.15) is 5.00 Å². The van der Waals surface area contributed by atoms with E-state index in [1.165, 1.54) is 28.4 Å². The van der Waals surface area contributed by atoms with Crippen molar-refractivity contribution in [2.75, 3.05) is 25.1 Å². The number of anilines is 1. The molecule has 146 valence electrons. The average molecular weight is 400 g/mol. The number of thiophene rings is 1. The molecule has 1 aliphatic rings. The minimum absolute atomic E-state index is 0.105. The molecule has 2 heterocycles. The second-order valence-corrected chi connectivity index (χ2v) is 7.34. The number of carbonyl (C=O) groups excluding carboxylic acids is 1. The van der Waals surface area contributed by atoms with Crippen LogP contribution < -0.4 is 4.90 Å². The standard InChI is InChI=1S/C18H19F3N2O3S/c1-10-13-15(25)23(8-3-9-24)17(26)22(2)16(13)27-14(10)11-4-6-12(7-5-11)18(19,20)21/h4-7,17,24,26H,3,8-9H2,1-2H3. The second kappa shape index (κ2) is 7.14. The van der Waals surface area contributed by atoms with Crippen molar-refractivity contribution in [3.63, 3.8) is 0 Å². The number of halogens is 3. The van der Waals surface area contributed by atoms with Gasteiger partial charge in [0.25, 0.3) is 5.91 Å². The first kappa shape index (κ1) is 19.7. The maximum atomic E-state index is 12.8. The van der Waals surface area contributed by atoms with Crippen molar-refractivity contribution in [1.29, 1.82) is 0 Å². The Kier molecular flexibility index (Phi) is 5.20. The fourth-order valence-electron chi connectivity index (χ4n) is 3.10. The van der Waals surface area contributed by atoms with Crippen molar-refractivity contribution < 1.29 is 28.2 Å². The summed E-state index contributed by atoms with van der Waals surface area (Å²) in [6.45, 7) is 1.84. The summed E-state index contributed by atoms with van der Waals surface area (Å²) in [7, 11) is 1.65. The second-order valence-electron chi connectivity index (χ2n) is 6.34. The highest BCUT2D eigenvalue weighted by Gasteiger charge is 2.38. The van der Waals surface area contributed by atoms with Crippen molar-refractivity contribution in [2.45, 2.75) is 25.9 Å². The Morgan fingerprint density at radius 3 is 2.41 bits per heavy atom. The number of hydrogen-bond acceptors (Lipinski definition) is 5. The average Bonchev–Trinajstić information content (AvgIpc) is 2.97. The SMILES string of the molecule is Cc1c(-c2ccc(C(F)(F)F)cc2)sc2c1C(=O)N(CCCO)C(O)N2C. The molecule has 1 atom stereocenters. The van der Waals surface area contributed by atoms with Crippen LogP contribution in [0.4, 0.5) is 18.2 Å². The summed E-state index contributed by atoms with van der Waals surface area (Å²) >= 11 is 1.26. The monoisotopic (exact) mass is 400 g/mol. The van der Waals surface area contributed by atoms with E-state index in [4.69, 9.17) is 5.11 Å². The van der Waals surface area contributed by atoms with E-state index in [-0.39, 0.29) is 19.1 Å². The Balaban J connectivity index is 2.02. The van der Waals surface area contributed by atoms with E-state index >= 15 is 0 Å². The van der Waals surface area contributed by atoms with E-state index in [0.29, 0.717) is 33.0 Å². The molecule has 0 aliphatic carbocycles. The molecule has 2 N–H and O–H groups in total. The molecule has 9 heteroatoms. The number of benzene rings is 1. The van der Waals surface area contributed by atoms with Crippen LogP contribution in [-0.2, 0) is 6.18 Å². The van der Waals surface area contributed by atoms with Crippen LogP contribution in [0.2, 0.25) is 0 Å². The van der Waals surface area contributed by atoms with Gasteiger partial charge in [-0.15, -0.1) is 11.3 Å². The number of rotatable bonds is 4. The maximum Gasteiger partial charge on any atom is 0.416 e. The van der Waals surface area contributed by atoms with E-state index < -0.39 is 18.1 Å². The fraction of sp³-hybridized carbons (Fsp3) is 0.389. The summed E-state index contributed by atoms with van der Waals surface area (Å²) < 4.78 is 38.3. The molecule has 1 aromatic heterocycles. The molecule has 0 saturated heterocycles. The molecule has 5 nitrogen and oxygen atoms in total. The summed E-state index contributed by atoms with van der Waals surface area (Å²) in [5.41, 5.74) is 0.940. The zero-order valence-corrected chi connectivity index (χ0v) is 15.6. The predicted octanol–water partition coefficient (Wildman–Crippen LogP) is 3.29. The zero-order valence-electron chi connectivity index (χ0n) is 14.7. The van der Waals surface area contributed by atoms with Crippen LogP contribution in [0.25, 0.3) is 10.4 Å². The summed E-state index contributed by atoms with van der Waals surface area (Å²) in [4.78, 5) is 16.4. The number of hydrogen-bond donors (Lipinski definition) is 2.